The maximum atomic E-state index is 12.4. The standard InChI is InChI=1S/C21H18F2N2O3/c1-27-20-9-7-15(12-17(20)14-25-11-3-10-24-25)6-8-19(26)16-4-2-5-18(13-16)28-21(22)23/h2-13,21H,14H2,1H3/b8-6+. The van der Waals surface area contributed by atoms with E-state index in [-0.39, 0.29) is 17.1 Å². The number of allylic oxidation sites excluding steroid dienone is 1. The number of hydrogen-bond donors (Lipinski definition) is 0. The second kappa shape index (κ2) is 8.94. The molecule has 0 unspecified atom stereocenters. The molecule has 0 aliphatic rings. The molecule has 0 aliphatic carbocycles. The lowest BCUT2D eigenvalue weighted by atomic mass is 10.1. The molecule has 7 heteroatoms. The second-order valence-electron chi connectivity index (χ2n) is 5.88. The molecule has 1 heterocycles. The normalized spacial score (nSPS) is 11.1. The van der Waals surface area contributed by atoms with Gasteiger partial charge in [-0.2, -0.15) is 13.9 Å². The van der Waals surface area contributed by atoms with Crippen LogP contribution in [0, 0.1) is 0 Å². The van der Waals surface area contributed by atoms with Gasteiger partial charge < -0.3 is 9.47 Å². The highest BCUT2D eigenvalue weighted by atomic mass is 19.3. The van der Waals surface area contributed by atoms with E-state index in [2.05, 4.69) is 9.84 Å². The molecular formula is C21H18F2N2O3. The molecule has 0 saturated carbocycles. The van der Waals surface area contributed by atoms with Gasteiger partial charge in [-0.15, -0.1) is 0 Å². The molecule has 0 fully saturated rings. The number of aromatic nitrogens is 2. The minimum absolute atomic E-state index is 0.0554. The van der Waals surface area contributed by atoms with Gasteiger partial charge in [-0.3, -0.25) is 9.48 Å². The van der Waals surface area contributed by atoms with Crippen LogP contribution in [-0.4, -0.2) is 29.3 Å². The monoisotopic (exact) mass is 384 g/mol. The molecule has 144 valence electrons. The lowest BCUT2D eigenvalue weighted by molar-refractivity contribution is -0.0498. The molecular weight excluding hydrogens is 366 g/mol. The van der Waals surface area contributed by atoms with Crippen LogP contribution in [0.25, 0.3) is 6.08 Å². The van der Waals surface area contributed by atoms with Crippen LogP contribution in [0.2, 0.25) is 0 Å². The number of rotatable bonds is 8. The predicted octanol–water partition coefficient (Wildman–Crippen LogP) is 4.44. The van der Waals surface area contributed by atoms with E-state index in [0.29, 0.717) is 6.54 Å². The summed E-state index contributed by atoms with van der Waals surface area (Å²) in [6, 6.07) is 13.1. The Kier molecular flexibility index (Phi) is 6.16. The zero-order valence-corrected chi connectivity index (χ0v) is 15.1. The van der Waals surface area contributed by atoms with Gasteiger partial charge in [0.05, 0.1) is 13.7 Å². The first-order valence-corrected chi connectivity index (χ1v) is 8.47. The van der Waals surface area contributed by atoms with Crippen LogP contribution in [0.4, 0.5) is 8.78 Å². The topological polar surface area (TPSA) is 53.4 Å². The lowest BCUT2D eigenvalue weighted by Crippen LogP contribution is -2.03. The molecule has 5 nitrogen and oxygen atoms in total. The first-order valence-electron chi connectivity index (χ1n) is 8.47. The Labute approximate surface area is 160 Å². The van der Waals surface area contributed by atoms with Crippen molar-refractivity contribution in [1.29, 1.82) is 0 Å². The molecule has 3 aromatic rings. The van der Waals surface area contributed by atoms with Crippen LogP contribution < -0.4 is 9.47 Å². The van der Waals surface area contributed by atoms with Gasteiger partial charge in [0.25, 0.3) is 0 Å². The number of halogens is 2. The number of nitrogens with zero attached hydrogens (tertiary/aromatic N) is 2. The van der Waals surface area contributed by atoms with Gasteiger partial charge in [-0.05, 0) is 42.0 Å². The predicted molar refractivity (Wildman–Crippen MR) is 101 cm³/mol. The van der Waals surface area contributed by atoms with Gasteiger partial charge >= 0.3 is 6.61 Å². The third kappa shape index (κ3) is 5.03. The number of hydrogen-bond acceptors (Lipinski definition) is 4. The minimum atomic E-state index is -2.94. The molecule has 0 radical (unpaired) electrons. The largest absolute Gasteiger partial charge is 0.496 e. The second-order valence-corrected chi connectivity index (χ2v) is 5.88. The fourth-order valence-electron chi connectivity index (χ4n) is 2.69. The van der Waals surface area contributed by atoms with E-state index >= 15 is 0 Å². The molecule has 2 aromatic carbocycles. The molecule has 0 amide bonds. The molecule has 28 heavy (non-hydrogen) atoms. The summed E-state index contributed by atoms with van der Waals surface area (Å²) in [4.78, 5) is 12.4. The molecule has 0 saturated heterocycles. The quantitative estimate of drug-likeness (QED) is 0.426. The molecule has 0 atom stereocenters. The van der Waals surface area contributed by atoms with Crippen LogP contribution >= 0.6 is 0 Å². The maximum absolute atomic E-state index is 12.4. The highest BCUT2D eigenvalue weighted by molar-refractivity contribution is 6.07. The van der Waals surface area contributed by atoms with E-state index in [4.69, 9.17) is 4.74 Å². The summed E-state index contributed by atoms with van der Waals surface area (Å²) < 4.78 is 36.1. The smallest absolute Gasteiger partial charge is 0.387 e. The fraction of sp³-hybridized carbons (Fsp3) is 0.143. The number of carbonyl (C=O) groups excluding carboxylic acids is 1. The Hall–Kier alpha value is -3.48. The molecule has 0 bridgehead atoms. The van der Waals surface area contributed by atoms with E-state index in [1.807, 2.05) is 30.5 Å². The van der Waals surface area contributed by atoms with Crippen LogP contribution in [0.15, 0.2) is 67.0 Å². The molecule has 1 aromatic heterocycles. The number of ketones is 1. The highest BCUT2D eigenvalue weighted by Crippen LogP contribution is 2.22. The van der Waals surface area contributed by atoms with Crippen LogP contribution in [-0.2, 0) is 6.54 Å². The summed E-state index contributed by atoms with van der Waals surface area (Å²) in [6.45, 7) is -2.41. The van der Waals surface area contributed by atoms with Gasteiger partial charge in [-0.25, -0.2) is 0 Å². The third-order valence-corrected chi connectivity index (χ3v) is 3.97. The van der Waals surface area contributed by atoms with Crippen LogP contribution in [0.5, 0.6) is 11.5 Å². The lowest BCUT2D eigenvalue weighted by Gasteiger charge is -2.10. The van der Waals surface area contributed by atoms with E-state index in [0.717, 1.165) is 16.9 Å². The SMILES string of the molecule is COc1ccc(/C=C/C(=O)c2cccc(OC(F)F)c2)cc1Cn1cccn1. The Morgan fingerprint density at radius 2 is 2.07 bits per heavy atom. The molecule has 3 rings (SSSR count). The van der Waals surface area contributed by atoms with E-state index in [9.17, 15) is 13.6 Å². The van der Waals surface area contributed by atoms with Gasteiger partial charge in [0.15, 0.2) is 5.78 Å². The van der Waals surface area contributed by atoms with Crippen LogP contribution in [0.3, 0.4) is 0 Å². The number of ether oxygens (including phenoxy) is 2. The van der Waals surface area contributed by atoms with Crippen molar-refractivity contribution in [2.75, 3.05) is 7.11 Å². The van der Waals surface area contributed by atoms with E-state index in [1.54, 1.807) is 30.1 Å². The van der Waals surface area contributed by atoms with Crippen molar-refractivity contribution < 1.29 is 23.0 Å². The van der Waals surface area contributed by atoms with E-state index in [1.165, 1.54) is 24.3 Å². The van der Waals surface area contributed by atoms with Gasteiger partial charge in [0, 0.05) is 23.5 Å². The zero-order valence-electron chi connectivity index (χ0n) is 15.1. The van der Waals surface area contributed by atoms with Crippen molar-refractivity contribution in [3.63, 3.8) is 0 Å². The van der Waals surface area contributed by atoms with Crippen molar-refractivity contribution >= 4 is 11.9 Å². The fourth-order valence-corrected chi connectivity index (χ4v) is 2.69. The third-order valence-electron chi connectivity index (χ3n) is 3.97. The summed E-state index contributed by atoms with van der Waals surface area (Å²) in [5.41, 5.74) is 1.98. The number of carbonyl (C=O) groups is 1. The van der Waals surface area contributed by atoms with Crippen molar-refractivity contribution in [3.8, 4) is 11.5 Å². The zero-order chi connectivity index (χ0) is 19.9. The number of benzene rings is 2. The van der Waals surface area contributed by atoms with Crippen molar-refractivity contribution in [2.45, 2.75) is 13.2 Å². The number of alkyl halides is 2. The van der Waals surface area contributed by atoms with Crippen LogP contribution in [0.1, 0.15) is 21.5 Å². The summed E-state index contributed by atoms with van der Waals surface area (Å²) >= 11 is 0. The van der Waals surface area contributed by atoms with Crippen molar-refractivity contribution in [2.24, 2.45) is 0 Å². The minimum Gasteiger partial charge on any atom is -0.496 e. The summed E-state index contributed by atoms with van der Waals surface area (Å²) in [6.07, 6.45) is 6.59. The Balaban J connectivity index is 1.77. The number of methoxy groups -OCH3 is 1. The Morgan fingerprint density at radius 3 is 2.79 bits per heavy atom. The highest BCUT2D eigenvalue weighted by Gasteiger charge is 2.08. The molecule has 0 spiro atoms. The summed E-state index contributed by atoms with van der Waals surface area (Å²) in [7, 11) is 1.59. The first-order chi connectivity index (χ1) is 13.5. The van der Waals surface area contributed by atoms with Gasteiger partial charge in [0.1, 0.15) is 11.5 Å². The average Bonchev–Trinajstić information content (AvgIpc) is 3.19. The van der Waals surface area contributed by atoms with Gasteiger partial charge in [0.2, 0.25) is 0 Å². The maximum Gasteiger partial charge on any atom is 0.387 e. The first kappa shape index (κ1) is 19.3. The molecule has 0 aliphatic heterocycles. The summed E-state index contributed by atoms with van der Waals surface area (Å²) in [5, 5.41) is 4.18. The van der Waals surface area contributed by atoms with Crippen molar-refractivity contribution in [1.82, 2.24) is 9.78 Å². The van der Waals surface area contributed by atoms with Crippen molar-refractivity contribution in [3.05, 3.63) is 83.7 Å². The van der Waals surface area contributed by atoms with E-state index < -0.39 is 6.61 Å². The average molecular weight is 384 g/mol. The Bertz CT molecular complexity index is 970. The Morgan fingerprint density at radius 1 is 1.21 bits per heavy atom. The van der Waals surface area contributed by atoms with Gasteiger partial charge in [-0.1, -0.05) is 24.3 Å². The summed E-state index contributed by atoms with van der Waals surface area (Å²) in [5.74, 6) is 0.347. The molecule has 0 N–H and O–H groups in total.